The number of fused-ring (bicyclic) bond motifs is 1. The van der Waals surface area contributed by atoms with Gasteiger partial charge in [0, 0.05) is 12.2 Å². The Hall–Kier alpha value is -2.74. The number of nitrogens with zero attached hydrogens (tertiary/aromatic N) is 4. The predicted octanol–water partition coefficient (Wildman–Crippen LogP) is 2.76. The standard InChI is InChI=1S/C19H22N4O3S/c1-6-23-13(4)9-14(21-23)18(25)20-19-22(10-17(24)26-5)15-7-11(2)12(3)8-16(15)27-19/h7-9H,6,10H2,1-5H3. The van der Waals surface area contributed by atoms with Gasteiger partial charge in [0.15, 0.2) is 10.5 Å². The molecule has 7 nitrogen and oxygen atoms in total. The normalized spacial score (nSPS) is 12.0. The maximum Gasteiger partial charge on any atom is 0.325 e. The van der Waals surface area contributed by atoms with Crippen LogP contribution in [0.4, 0.5) is 0 Å². The van der Waals surface area contributed by atoms with E-state index in [1.165, 1.54) is 18.4 Å². The van der Waals surface area contributed by atoms with E-state index in [2.05, 4.69) is 10.1 Å². The number of hydrogen-bond donors (Lipinski definition) is 0. The number of amides is 1. The molecule has 8 heteroatoms. The molecule has 27 heavy (non-hydrogen) atoms. The fourth-order valence-electron chi connectivity index (χ4n) is 2.83. The van der Waals surface area contributed by atoms with E-state index in [0.717, 1.165) is 27.0 Å². The minimum Gasteiger partial charge on any atom is -0.468 e. The number of hydrogen-bond acceptors (Lipinski definition) is 5. The first-order valence-electron chi connectivity index (χ1n) is 8.65. The molecule has 142 valence electrons. The van der Waals surface area contributed by atoms with Gasteiger partial charge < -0.3 is 9.30 Å². The van der Waals surface area contributed by atoms with Crippen molar-refractivity contribution in [3.8, 4) is 0 Å². The van der Waals surface area contributed by atoms with E-state index in [4.69, 9.17) is 4.74 Å². The number of aryl methyl sites for hydroxylation is 4. The van der Waals surface area contributed by atoms with E-state index in [9.17, 15) is 9.59 Å². The molecule has 0 atom stereocenters. The maximum absolute atomic E-state index is 12.6. The van der Waals surface area contributed by atoms with E-state index in [-0.39, 0.29) is 6.54 Å². The van der Waals surface area contributed by atoms with Crippen LogP contribution in [0.1, 0.15) is 34.2 Å². The van der Waals surface area contributed by atoms with E-state index in [0.29, 0.717) is 17.0 Å². The van der Waals surface area contributed by atoms with Crippen molar-refractivity contribution in [2.45, 2.75) is 40.8 Å². The van der Waals surface area contributed by atoms with Crippen LogP contribution in [-0.4, -0.2) is 33.3 Å². The van der Waals surface area contributed by atoms with Crippen LogP contribution in [0.3, 0.4) is 0 Å². The number of thiazole rings is 1. The molecule has 0 spiro atoms. The van der Waals surface area contributed by atoms with Gasteiger partial charge in [-0.3, -0.25) is 14.3 Å². The number of benzene rings is 1. The molecule has 0 aliphatic rings. The molecular formula is C19H22N4O3S. The zero-order valence-electron chi connectivity index (χ0n) is 16.1. The number of methoxy groups -OCH3 is 1. The minimum absolute atomic E-state index is 0.00641. The lowest BCUT2D eigenvalue weighted by Gasteiger charge is -2.05. The summed E-state index contributed by atoms with van der Waals surface area (Å²) in [4.78, 5) is 29.3. The fraction of sp³-hybridized carbons (Fsp3) is 0.368. The number of carbonyl (C=O) groups is 2. The summed E-state index contributed by atoms with van der Waals surface area (Å²) in [7, 11) is 1.34. The lowest BCUT2D eigenvalue weighted by Crippen LogP contribution is -2.22. The van der Waals surface area contributed by atoms with Crippen molar-refractivity contribution in [1.82, 2.24) is 14.3 Å². The summed E-state index contributed by atoms with van der Waals surface area (Å²) in [6.45, 7) is 8.58. The summed E-state index contributed by atoms with van der Waals surface area (Å²) < 4.78 is 9.24. The van der Waals surface area contributed by atoms with Crippen LogP contribution in [0, 0.1) is 20.8 Å². The molecule has 0 saturated heterocycles. The second kappa shape index (κ2) is 7.48. The molecular weight excluding hydrogens is 364 g/mol. The van der Waals surface area contributed by atoms with Gasteiger partial charge in [-0.25, -0.2) is 0 Å². The van der Waals surface area contributed by atoms with Gasteiger partial charge in [-0.2, -0.15) is 10.1 Å². The average Bonchev–Trinajstić information content (AvgIpc) is 3.16. The fourth-order valence-corrected chi connectivity index (χ4v) is 3.94. The van der Waals surface area contributed by atoms with Crippen LogP contribution in [0.2, 0.25) is 0 Å². The van der Waals surface area contributed by atoms with Crippen LogP contribution in [0.15, 0.2) is 23.2 Å². The number of aromatic nitrogens is 3. The molecule has 2 heterocycles. The third-order valence-electron chi connectivity index (χ3n) is 4.51. The molecule has 1 amide bonds. The highest BCUT2D eigenvalue weighted by Gasteiger charge is 2.15. The first kappa shape index (κ1) is 19.0. The highest BCUT2D eigenvalue weighted by atomic mass is 32.1. The van der Waals surface area contributed by atoms with Gasteiger partial charge in [-0.05, 0) is 57.0 Å². The van der Waals surface area contributed by atoms with Crippen molar-refractivity contribution in [1.29, 1.82) is 0 Å². The van der Waals surface area contributed by atoms with Crippen molar-refractivity contribution in [3.63, 3.8) is 0 Å². The summed E-state index contributed by atoms with van der Waals surface area (Å²) in [5.74, 6) is -0.822. The summed E-state index contributed by atoms with van der Waals surface area (Å²) >= 11 is 1.37. The average molecular weight is 386 g/mol. The second-order valence-corrected chi connectivity index (χ2v) is 7.36. The quantitative estimate of drug-likeness (QED) is 0.646. The van der Waals surface area contributed by atoms with Gasteiger partial charge in [0.25, 0.3) is 5.91 Å². The monoisotopic (exact) mass is 386 g/mol. The lowest BCUT2D eigenvalue weighted by molar-refractivity contribution is -0.141. The smallest absolute Gasteiger partial charge is 0.325 e. The Kier molecular flexibility index (Phi) is 5.27. The molecule has 1 aromatic carbocycles. The first-order chi connectivity index (χ1) is 12.8. The van der Waals surface area contributed by atoms with Gasteiger partial charge in [0.2, 0.25) is 0 Å². The number of esters is 1. The van der Waals surface area contributed by atoms with Gasteiger partial charge in [-0.1, -0.05) is 11.3 Å². The third-order valence-corrected chi connectivity index (χ3v) is 5.55. The Balaban J connectivity index is 2.16. The van der Waals surface area contributed by atoms with Crippen LogP contribution in [-0.2, 0) is 22.6 Å². The summed E-state index contributed by atoms with van der Waals surface area (Å²) in [5, 5.41) is 4.29. The Labute approximate surface area is 160 Å². The molecule has 2 aromatic heterocycles. The van der Waals surface area contributed by atoms with Crippen molar-refractivity contribution in [2.24, 2.45) is 4.99 Å². The predicted molar refractivity (Wildman–Crippen MR) is 104 cm³/mol. The van der Waals surface area contributed by atoms with Crippen molar-refractivity contribution < 1.29 is 14.3 Å². The van der Waals surface area contributed by atoms with Gasteiger partial charge in [-0.15, -0.1) is 0 Å². The van der Waals surface area contributed by atoms with Crippen LogP contribution < -0.4 is 4.80 Å². The zero-order valence-corrected chi connectivity index (χ0v) is 16.9. The Morgan fingerprint density at radius 1 is 1.19 bits per heavy atom. The van der Waals surface area contributed by atoms with Gasteiger partial charge in [0.1, 0.15) is 6.54 Å². The largest absolute Gasteiger partial charge is 0.468 e. The van der Waals surface area contributed by atoms with E-state index < -0.39 is 11.9 Å². The molecule has 0 radical (unpaired) electrons. The van der Waals surface area contributed by atoms with E-state index >= 15 is 0 Å². The number of carbonyl (C=O) groups excluding carboxylic acids is 2. The molecule has 3 rings (SSSR count). The lowest BCUT2D eigenvalue weighted by atomic mass is 10.1. The maximum atomic E-state index is 12.6. The van der Waals surface area contributed by atoms with Gasteiger partial charge >= 0.3 is 5.97 Å². The molecule has 3 aromatic rings. The summed E-state index contributed by atoms with van der Waals surface area (Å²) in [5.41, 5.74) is 4.30. The Morgan fingerprint density at radius 3 is 2.52 bits per heavy atom. The van der Waals surface area contributed by atoms with Crippen molar-refractivity contribution in [2.75, 3.05) is 7.11 Å². The molecule has 0 aliphatic carbocycles. The summed E-state index contributed by atoms with van der Waals surface area (Å²) in [6.07, 6.45) is 0. The third kappa shape index (κ3) is 3.71. The second-order valence-electron chi connectivity index (χ2n) is 6.35. The Morgan fingerprint density at radius 2 is 1.89 bits per heavy atom. The molecule has 0 bridgehead atoms. The van der Waals surface area contributed by atoms with Crippen LogP contribution >= 0.6 is 11.3 Å². The first-order valence-corrected chi connectivity index (χ1v) is 9.46. The molecule has 0 fully saturated rings. The number of rotatable bonds is 4. The summed E-state index contributed by atoms with van der Waals surface area (Å²) in [6, 6.07) is 5.77. The Bertz CT molecular complexity index is 1100. The topological polar surface area (TPSA) is 78.5 Å². The molecule has 0 aliphatic heterocycles. The molecule has 0 unspecified atom stereocenters. The highest BCUT2D eigenvalue weighted by molar-refractivity contribution is 7.16. The molecule has 0 N–H and O–H groups in total. The SMILES string of the molecule is CCn1nc(C(=O)N=c2sc3cc(C)c(C)cc3n2CC(=O)OC)cc1C. The highest BCUT2D eigenvalue weighted by Crippen LogP contribution is 2.22. The van der Waals surface area contributed by atoms with Crippen molar-refractivity contribution in [3.05, 3.63) is 45.5 Å². The van der Waals surface area contributed by atoms with Crippen molar-refractivity contribution >= 4 is 33.4 Å². The minimum atomic E-state index is -0.427. The van der Waals surface area contributed by atoms with Crippen LogP contribution in [0.5, 0.6) is 0 Å². The molecule has 0 saturated carbocycles. The zero-order chi connectivity index (χ0) is 19.7. The van der Waals surface area contributed by atoms with Crippen LogP contribution in [0.25, 0.3) is 10.2 Å². The van der Waals surface area contributed by atoms with E-state index in [1.807, 2.05) is 39.8 Å². The number of ether oxygens (including phenoxy) is 1. The van der Waals surface area contributed by atoms with E-state index in [1.54, 1.807) is 15.3 Å². The van der Waals surface area contributed by atoms with Gasteiger partial charge in [0.05, 0.1) is 17.3 Å².